The fourth-order valence-corrected chi connectivity index (χ4v) is 5.11. The molecule has 10 heteroatoms. The van der Waals surface area contributed by atoms with Gasteiger partial charge in [0.2, 0.25) is 0 Å². The molecule has 5 rings (SSSR count). The second-order valence-corrected chi connectivity index (χ2v) is 10.1. The number of fused-ring (bicyclic) bond motifs is 2. The maximum absolute atomic E-state index is 12.3. The van der Waals surface area contributed by atoms with Gasteiger partial charge in [-0.15, -0.1) is 0 Å². The molecular formula is C28H36N4O6. The Hall–Kier alpha value is -3.82. The molecule has 38 heavy (non-hydrogen) atoms. The fourth-order valence-electron chi connectivity index (χ4n) is 5.11. The highest BCUT2D eigenvalue weighted by molar-refractivity contribution is 5.74. The number of para-hydroxylation sites is 4. The van der Waals surface area contributed by atoms with Crippen LogP contribution in [0.25, 0.3) is 0 Å². The molecule has 1 aliphatic carbocycles. The van der Waals surface area contributed by atoms with Gasteiger partial charge >= 0.3 is 12.1 Å². The SMILES string of the molecule is O=C(NC[C@H]1CCC[C@@H](CNC(=O)NC[C@@H]2COc3ccccc3O2)C1)NC[C@@H]1COc2ccccc2O1. The molecule has 2 heterocycles. The summed E-state index contributed by atoms with van der Waals surface area (Å²) in [6.07, 6.45) is 3.74. The highest BCUT2D eigenvalue weighted by Crippen LogP contribution is 2.32. The topological polar surface area (TPSA) is 119 Å². The van der Waals surface area contributed by atoms with Gasteiger partial charge in [0.15, 0.2) is 35.2 Å². The van der Waals surface area contributed by atoms with Crippen molar-refractivity contribution in [2.45, 2.75) is 37.9 Å². The van der Waals surface area contributed by atoms with Crippen molar-refractivity contribution in [3.63, 3.8) is 0 Å². The Bertz CT molecular complexity index is 1020. The molecule has 1 saturated carbocycles. The quantitative estimate of drug-likeness (QED) is 0.422. The zero-order chi connectivity index (χ0) is 26.2. The lowest BCUT2D eigenvalue weighted by atomic mass is 9.81. The molecule has 2 aromatic carbocycles. The summed E-state index contributed by atoms with van der Waals surface area (Å²) < 4.78 is 23.1. The van der Waals surface area contributed by atoms with Gasteiger partial charge < -0.3 is 40.2 Å². The third-order valence-electron chi connectivity index (χ3n) is 7.11. The highest BCUT2D eigenvalue weighted by atomic mass is 16.6. The Kier molecular flexibility index (Phi) is 8.57. The molecule has 4 atom stereocenters. The molecule has 2 aromatic rings. The van der Waals surface area contributed by atoms with E-state index in [-0.39, 0.29) is 24.3 Å². The zero-order valence-electron chi connectivity index (χ0n) is 21.4. The minimum atomic E-state index is -0.222. The van der Waals surface area contributed by atoms with Crippen molar-refractivity contribution < 1.29 is 28.5 Å². The molecule has 0 spiro atoms. The van der Waals surface area contributed by atoms with E-state index in [2.05, 4.69) is 21.3 Å². The van der Waals surface area contributed by atoms with Crippen LogP contribution >= 0.6 is 0 Å². The first-order chi connectivity index (χ1) is 18.6. The molecule has 4 amide bonds. The molecule has 1 fully saturated rings. The predicted molar refractivity (Wildman–Crippen MR) is 141 cm³/mol. The van der Waals surface area contributed by atoms with Crippen molar-refractivity contribution in [2.24, 2.45) is 11.8 Å². The fraction of sp³-hybridized carbons (Fsp3) is 0.500. The van der Waals surface area contributed by atoms with Crippen LogP contribution in [-0.2, 0) is 0 Å². The van der Waals surface area contributed by atoms with Gasteiger partial charge in [-0.1, -0.05) is 30.7 Å². The Morgan fingerprint density at radius 3 is 1.53 bits per heavy atom. The Labute approximate surface area is 222 Å². The van der Waals surface area contributed by atoms with Crippen molar-refractivity contribution in [1.82, 2.24) is 21.3 Å². The van der Waals surface area contributed by atoms with E-state index in [9.17, 15) is 9.59 Å². The number of carbonyl (C=O) groups is 2. The van der Waals surface area contributed by atoms with E-state index < -0.39 is 0 Å². The summed E-state index contributed by atoms with van der Waals surface area (Å²) in [5, 5.41) is 11.7. The van der Waals surface area contributed by atoms with E-state index in [1.165, 1.54) is 0 Å². The Morgan fingerprint density at radius 1 is 0.632 bits per heavy atom. The van der Waals surface area contributed by atoms with Crippen LogP contribution in [0.1, 0.15) is 25.7 Å². The van der Waals surface area contributed by atoms with Gasteiger partial charge in [-0.3, -0.25) is 0 Å². The van der Waals surface area contributed by atoms with Gasteiger partial charge in [-0.25, -0.2) is 9.59 Å². The van der Waals surface area contributed by atoms with E-state index in [0.717, 1.165) is 37.2 Å². The number of nitrogens with one attached hydrogen (secondary N) is 4. The first-order valence-corrected chi connectivity index (χ1v) is 13.4. The summed E-state index contributed by atoms with van der Waals surface area (Å²) in [7, 11) is 0. The monoisotopic (exact) mass is 524 g/mol. The molecular weight excluding hydrogens is 488 g/mol. The second-order valence-electron chi connectivity index (χ2n) is 10.1. The summed E-state index contributed by atoms with van der Waals surface area (Å²) in [5.74, 6) is 3.63. The van der Waals surface area contributed by atoms with Gasteiger partial charge in [0.25, 0.3) is 0 Å². The molecule has 0 unspecified atom stereocenters. The Morgan fingerprint density at radius 2 is 1.05 bits per heavy atom. The van der Waals surface area contributed by atoms with Gasteiger partial charge in [0.05, 0.1) is 13.1 Å². The summed E-state index contributed by atoms with van der Waals surface area (Å²) >= 11 is 0. The molecule has 4 N–H and O–H groups in total. The molecule has 0 saturated heterocycles. The summed E-state index contributed by atoms with van der Waals surface area (Å²) in [6, 6.07) is 14.6. The molecule has 3 aliphatic rings. The summed E-state index contributed by atoms with van der Waals surface area (Å²) in [4.78, 5) is 24.7. The van der Waals surface area contributed by atoms with Crippen LogP contribution in [0.3, 0.4) is 0 Å². The van der Waals surface area contributed by atoms with Gasteiger partial charge in [0, 0.05) is 13.1 Å². The second kappa shape index (κ2) is 12.6. The zero-order valence-corrected chi connectivity index (χ0v) is 21.4. The number of hydrogen-bond acceptors (Lipinski definition) is 6. The van der Waals surface area contributed by atoms with E-state index in [4.69, 9.17) is 18.9 Å². The molecule has 2 aliphatic heterocycles. The summed E-state index contributed by atoms with van der Waals surface area (Å²) in [6.45, 7) is 2.77. The van der Waals surface area contributed by atoms with Crippen molar-refractivity contribution in [1.29, 1.82) is 0 Å². The van der Waals surface area contributed by atoms with Crippen LogP contribution in [0.5, 0.6) is 23.0 Å². The van der Waals surface area contributed by atoms with Gasteiger partial charge in [0.1, 0.15) is 13.2 Å². The average Bonchev–Trinajstić information content (AvgIpc) is 2.97. The number of amides is 4. The number of urea groups is 2. The highest BCUT2D eigenvalue weighted by Gasteiger charge is 2.25. The normalized spacial score (nSPS) is 23.6. The summed E-state index contributed by atoms with van der Waals surface area (Å²) in [5.41, 5.74) is 0. The van der Waals surface area contributed by atoms with Crippen molar-refractivity contribution >= 4 is 12.1 Å². The minimum absolute atomic E-state index is 0.205. The third kappa shape index (κ3) is 7.14. The van der Waals surface area contributed by atoms with Crippen LogP contribution in [0.15, 0.2) is 48.5 Å². The lowest BCUT2D eigenvalue weighted by Gasteiger charge is -2.30. The predicted octanol–water partition coefficient (Wildman–Crippen LogP) is 3.07. The first-order valence-electron chi connectivity index (χ1n) is 13.4. The van der Waals surface area contributed by atoms with Gasteiger partial charge in [-0.2, -0.15) is 0 Å². The van der Waals surface area contributed by atoms with Crippen LogP contribution in [0.2, 0.25) is 0 Å². The van der Waals surface area contributed by atoms with E-state index in [0.29, 0.717) is 62.7 Å². The number of carbonyl (C=O) groups excluding carboxylic acids is 2. The van der Waals surface area contributed by atoms with Gasteiger partial charge in [-0.05, 0) is 55.4 Å². The van der Waals surface area contributed by atoms with Crippen molar-refractivity contribution in [3.8, 4) is 23.0 Å². The van der Waals surface area contributed by atoms with Crippen LogP contribution < -0.4 is 40.2 Å². The Balaban J connectivity index is 0.944. The molecule has 0 radical (unpaired) electrons. The van der Waals surface area contributed by atoms with E-state index in [1.54, 1.807) is 0 Å². The van der Waals surface area contributed by atoms with E-state index >= 15 is 0 Å². The molecule has 204 valence electrons. The lowest BCUT2D eigenvalue weighted by Crippen LogP contribution is -2.46. The third-order valence-corrected chi connectivity index (χ3v) is 7.11. The maximum atomic E-state index is 12.3. The first kappa shape index (κ1) is 25.8. The molecule has 0 bridgehead atoms. The maximum Gasteiger partial charge on any atom is 0.314 e. The largest absolute Gasteiger partial charge is 0.486 e. The lowest BCUT2D eigenvalue weighted by molar-refractivity contribution is 0.0916. The standard InChI is InChI=1S/C28H36N4O6/c33-27(31-15-21-17-35-23-8-1-3-10-25(23)37-21)29-13-19-6-5-7-20(12-19)14-30-28(34)32-16-22-18-36-24-9-2-4-11-26(24)38-22/h1-4,8-11,19-22H,5-7,12-18H2,(H2,29,31,33)(H2,30,32,34)/t19-,20+,21-,22-/m1/s1. The molecule has 10 nitrogen and oxygen atoms in total. The van der Waals surface area contributed by atoms with Crippen molar-refractivity contribution in [3.05, 3.63) is 48.5 Å². The smallest absolute Gasteiger partial charge is 0.314 e. The van der Waals surface area contributed by atoms with Crippen LogP contribution in [0, 0.1) is 11.8 Å². The van der Waals surface area contributed by atoms with Crippen molar-refractivity contribution in [2.75, 3.05) is 39.4 Å². The molecule has 0 aromatic heterocycles. The number of ether oxygens (including phenoxy) is 4. The number of benzene rings is 2. The van der Waals surface area contributed by atoms with Crippen LogP contribution in [-0.4, -0.2) is 63.7 Å². The van der Waals surface area contributed by atoms with E-state index in [1.807, 2.05) is 48.5 Å². The average molecular weight is 525 g/mol. The number of hydrogen-bond donors (Lipinski definition) is 4. The number of rotatable bonds is 8. The van der Waals surface area contributed by atoms with Crippen LogP contribution in [0.4, 0.5) is 9.59 Å². The minimum Gasteiger partial charge on any atom is -0.486 e.